The van der Waals surface area contributed by atoms with E-state index in [0.29, 0.717) is 13.2 Å². The van der Waals surface area contributed by atoms with Crippen LogP contribution in [-0.4, -0.2) is 17.8 Å². The van der Waals surface area contributed by atoms with Gasteiger partial charge in [0.25, 0.3) is 0 Å². The van der Waals surface area contributed by atoms with Crippen LogP contribution in [0.5, 0.6) is 0 Å². The molecule has 3 aromatic heterocycles. The second-order valence-electron chi connectivity index (χ2n) is 14.4. The van der Waals surface area contributed by atoms with Crippen LogP contribution in [0.3, 0.4) is 0 Å². The molecule has 0 bridgehead atoms. The van der Waals surface area contributed by atoms with Gasteiger partial charge in [-0.1, -0.05) is 94.4 Å². The highest BCUT2D eigenvalue weighted by molar-refractivity contribution is 7.23. The minimum Gasteiger partial charge on any atom is -0.347 e. The van der Waals surface area contributed by atoms with Gasteiger partial charge in [-0.3, -0.25) is 0 Å². The zero-order valence-corrected chi connectivity index (χ0v) is 29.3. The van der Waals surface area contributed by atoms with Crippen molar-refractivity contribution in [3.05, 3.63) is 137 Å². The van der Waals surface area contributed by atoms with Gasteiger partial charge in [0.15, 0.2) is 6.29 Å². The smallest absolute Gasteiger partial charge is 0.193 e. The van der Waals surface area contributed by atoms with Crippen molar-refractivity contribution in [1.82, 2.24) is 4.57 Å². The molecule has 5 heteroatoms. The first-order valence-electron chi connectivity index (χ1n) is 16.6. The lowest BCUT2D eigenvalue weighted by atomic mass is 9.82. The zero-order valence-electron chi connectivity index (χ0n) is 27.6. The van der Waals surface area contributed by atoms with Gasteiger partial charge in [-0.15, -0.1) is 22.7 Å². The quantitative estimate of drug-likeness (QED) is 0.183. The Morgan fingerprint density at radius 3 is 2.15 bits per heavy atom. The maximum absolute atomic E-state index is 6.06. The van der Waals surface area contributed by atoms with Crippen LogP contribution in [0, 0.1) is 5.41 Å². The fourth-order valence-corrected chi connectivity index (χ4v) is 9.49. The van der Waals surface area contributed by atoms with Crippen molar-refractivity contribution in [2.45, 2.75) is 39.4 Å². The molecule has 0 atom stereocenters. The second kappa shape index (κ2) is 11.1. The Labute approximate surface area is 290 Å². The minimum absolute atomic E-state index is 0.0570. The van der Waals surface area contributed by atoms with Gasteiger partial charge in [0, 0.05) is 36.5 Å². The lowest BCUT2D eigenvalue weighted by Crippen LogP contribution is -2.33. The summed E-state index contributed by atoms with van der Waals surface area (Å²) in [5, 5.41) is 1.23. The van der Waals surface area contributed by atoms with Crippen molar-refractivity contribution < 1.29 is 9.47 Å². The average molecular weight is 664 g/mol. The Hall–Kier alpha value is -4.26. The minimum atomic E-state index is -0.270. The summed E-state index contributed by atoms with van der Waals surface area (Å²) in [6, 6.07) is 44.8. The standard InChI is InChI=1S/C43H37NO2S2/c1-42(2)25-45-41(46-26-42)40-21-20-39(48-40)38-19-18-37(47-38)28-14-17-35-29(22-28)23-36(27-10-6-5-7-11-27)44(35)30-15-16-32-31-12-8-9-13-33(31)43(3,4)34(32)24-30/h5-24,41H,25-26H2,1-4H3. The van der Waals surface area contributed by atoms with Gasteiger partial charge >= 0.3 is 0 Å². The third-order valence-electron chi connectivity index (χ3n) is 9.94. The van der Waals surface area contributed by atoms with E-state index < -0.39 is 0 Å². The Morgan fingerprint density at radius 1 is 0.604 bits per heavy atom. The van der Waals surface area contributed by atoms with Crippen LogP contribution in [0.15, 0.2) is 121 Å². The molecule has 0 amide bonds. The Kier molecular flexibility index (Phi) is 6.93. The van der Waals surface area contributed by atoms with Crippen molar-refractivity contribution in [2.75, 3.05) is 13.2 Å². The van der Waals surface area contributed by atoms with E-state index in [1.165, 1.54) is 70.3 Å². The lowest BCUT2D eigenvalue weighted by molar-refractivity contribution is -0.224. The second-order valence-corrected chi connectivity index (χ2v) is 16.6. The number of hydrogen-bond donors (Lipinski definition) is 0. The Morgan fingerprint density at radius 2 is 1.31 bits per heavy atom. The largest absolute Gasteiger partial charge is 0.347 e. The van der Waals surface area contributed by atoms with Crippen molar-refractivity contribution in [3.8, 4) is 48.3 Å². The Bertz CT molecular complexity index is 2310. The molecule has 0 radical (unpaired) electrons. The lowest BCUT2D eigenvalue weighted by Gasteiger charge is -2.34. The SMILES string of the molecule is CC1(C)COC(c2ccc(-c3ccc(-c4ccc5c(c4)cc(-c4ccccc4)n5-c4ccc5c(c4)C(C)(C)c4ccccc4-5)s3)s2)OC1. The van der Waals surface area contributed by atoms with Crippen LogP contribution in [0.1, 0.15) is 50.0 Å². The van der Waals surface area contributed by atoms with Gasteiger partial charge in [-0.25, -0.2) is 0 Å². The van der Waals surface area contributed by atoms with Gasteiger partial charge in [0.1, 0.15) is 0 Å². The number of benzene rings is 4. The fourth-order valence-electron chi connectivity index (χ4n) is 7.39. The number of thiophene rings is 2. The molecule has 1 aliphatic heterocycles. The fraction of sp³-hybridized carbons (Fsp3) is 0.209. The first-order chi connectivity index (χ1) is 23.2. The van der Waals surface area contributed by atoms with E-state index in [1.54, 1.807) is 11.3 Å². The van der Waals surface area contributed by atoms with Crippen LogP contribution in [0.25, 0.3) is 59.2 Å². The number of ether oxygens (including phenoxy) is 2. The van der Waals surface area contributed by atoms with Crippen LogP contribution < -0.4 is 0 Å². The maximum atomic E-state index is 6.06. The number of hydrogen-bond acceptors (Lipinski definition) is 4. The van der Waals surface area contributed by atoms with E-state index in [9.17, 15) is 0 Å². The molecule has 1 aliphatic carbocycles. The van der Waals surface area contributed by atoms with E-state index in [0.717, 1.165) is 4.88 Å². The molecule has 9 rings (SSSR count). The van der Waals surface area contributed by atoms with Crippen LogP contribution in [0.2, 0.25) is 0 Å². The molecule has 3 nitrogen and oxygen atoms in total. The summed E-state index contributed by atoms with van der Waals surface area (Å²) in [7, 11) is 0. The van der Waals surface area contributed by atoms with E-state index in [2.05, 4.69) is 154 Å². The van der Waals surface area contributed by atoms with Crippen LogP contribution >= 0.6 is 22.7 Å². The number of rotatable bonds is 5. The molecule has 238 valence electrons. The molecule has 0 saturated carbocycles. The van der Waals surface area contributed by atoms with Gasteiger partial charge in [0.05, 0.1) is 29.3 Å². The molecule has 0 N–H and O–H groups in total. The molecular weight excluding hydrogens is 627 g/mol. The topological polar surface area (TPSA) is 23.4 Å². The van der Waals surface area contributed by atoms with E-state index in [-0.39, 0.29) is 17.1 Å². The summed E-state index contributed by atoms with van der Waals surface area (Å²) in [6.45, 7) is 10.5. The summed E-state index contributed by atoms with van der Waals surface area (Å²) in [5.74, 6) is 0. The Balaban J connectivity index is 1.09. The monoisotopic (exact) mass is 663 g/mol. The normalized spacial score (nSPS) is 16.7. The highest BCUT2D eigenvalue weighted by Gasteiger charge is 2.35. The first-order valence-corrected chi connectivity index (χ1v) is 18.3. The summed E-state index contributed by atoms with van der Waals surface area (Å²) in [6.07, 6.45) is -0.270. The van der Waals surface area contributed by atoms with Gasteiger partial charge in [-0.05, 0) is 88.0 Å². The van der Waals surface area contributed by atoms with Crippen LogP contribution in [-0.2, 0) is 14.9 Å². The summed E-state index contributed by atoms with van der Waals surface area (Å²) in [4.78, 5) is 4.91. The molecule has 48 heavy (non-hydrogen) atoms. The average Bonchev–Trinajstić information content (AvgIpc) is 3.90. The first kappa shape index (κ1) is 29.8. The molecule has 7 aromatic rings. The molecule has 0 spiro atoms. The van der Waals surface area contributed by atoms with E-state index in [4.69, 9.17) is 9.47 Å². The predicted molar refractivity (Wildman–Crippen MR) is 201 cm³/mol. The van der Waals surface area contributed by atoms with Gasteiger partial charge < -0.3 is 14.0 Å². The molecule has 0 unspecified atom stereocenters. The van der Waals surface area contributed by atoms with E-state index in [1.807, 2.05) is 11.3 Å². The zero-order chi connectivity index (χ0) is 32.6. The van der Waals surface area contributed by atoms with Crippen molar-refractivity contribution in [2.24, 2.45) is 5.41 Å². The molecule has 4 heterocycles. The molecule has 1 saturated heterocycles. The third kappa shape index (κ3) is 4.91. The summed E-state index contributed by atoms with van der Waals surface area (Å²) < 4.78 is 14.6. The number of nitrogens with zero attached hydrogens (tertiary/aromatic N) is 1. The highest BCUT2D eigenvalue weighted by atomic mass is 32.1. The number of aromatic nitrogens is 1. The van der Waals surface area contributed by atoms with Gasteiger partial charge in [-0.2, -0.15) is 0 Å². The molecule has 2 aliphatic rings. The summed E-state index contributed by atoms with van der Waals surface area (Å²) in [5.41, 5.74) is 11.5. The highest BCUT2D eigenvalue weighted by Crippen LogP contribution is 2.50. The van der Waals surface area contributed by atoms with Gasteiger partial charge in [0.2, 0.25) is 0 Å². The van der Waals surface area contributed by atoms with Crippen molar-refractivity contribution in [1.29, 1.82) is 0 Å². The van der Waals surface area contributed by atoms with Crippen molar-refractivity contribution >= 4 is 33.6 Å². The van der Waals surface area contributed by atoms with Crippen molar-refractivity contribution in [3.63, 3.8) is 0 Å². The summed E-state index contributed by atoms with van der Waals surface area (Å²) >= 11 is 3.61. The molecule has 1 fully saturated rings. The number of fused-ring (bicyclic) bond motifs is 4. The van der Waals surface area contributed by atoms with E-state index >= 15 is 0 Å². The maximum Gasteiger partial charge on any atom is 0.193 e. The predicted octanol–water partition coefficient (Wildman–Crippen LogP) is 12.1. The van der Waals surface area contributed by atoms with Crippen LogP contribution in [0.4, 0.5) is 0 Å². The third-order valence-corrected chi connectivity index (χ3v) is 12.4. The molecule has 4 aromatic carbocycles. The molecular formula is C43H37NO2S2.